The molecule has 1 heterocycles. The molecule has 8 heteroatoms. The Bertz CT molecular complexity index is 445. The fourth-order valence-electron chi connectivity index (χ4n) is 2.15. The molecule has 1 aliphatic rings. The van der Waals surface area contributed by atoms with Crippen molar-refractivity contribution in [2.24, 2.45) is 0 Å². The smallest absolute Gasteiger partial charge is 0.321 e. The lowest BCUT2D eigenvalue weighted by molar-refractivity contribution is -0.119. The highest BCUT2D eigenvalue weighted by Crippen LogP contribution is 2.18. The van der Waals surface area contributed by atoms with E-state index in [4.69, 9.17) is 0 Å². The standard InChI is InChI=1S/C12H19N5O2S/c1-8(20-12-13-7-14-17-12)10(18)16-11(19)15-9-5-3-2-4-6-9/h7-9H,2-6H2,1H3,(H,13,14,17)(H2,15,16,18,19)/t8-/m0/s1. The van der Waals surface area contributed by atoms with Gasteiger partial charge in [-0.2, -0.15) is 5.10 Å². The van der Waals surface area contributed by atoms with Crippen LogP contribution in [0.4, 0.5) is 4.79 Å². The molecule has 3 amide bonds. The highest BCUT2D eigenvalue weighted by molar-refractivity contribution is 8.00. The number of imide groups is 1. The van der Waals surface area contributed by atoms with E-state index >= 15 is 0 Å². The maximum Gasteiger partial charge on any atom is 0.321 e. The number of hydrogen-bond acceptors (Lipinski definition) is 5. The molecule has 0 aliphatic heterocycles. The van der Waals surface area contributed by atoms with Crippen molar-refractivity contribution in [1.82, 2.24) is 25.8 Å². The summed E-state index contributed by atoms with van der Waals surface area (Å²) < 4.78 is 0. The lowest BCUT2D eigenvalue weighted by Gasteiger charge is -2.22. The third-order valence-electron chi connectivity index (χ3n) is 3.23. The summed E-state index contributed by atoms with van der Waals surface area (Å²) in [5, 5.41) is 11.7. The molecule has 0 bridgehead atoms. The first kappa shape index (κ1) is 14.8. The van der Waals surface area contributed by atoms with Crippen LogP contribution in [0.15, 0.2) is 11.5 Å². The zero-order valence-electron chi connectivity index (χ0n) is 11.4. The normalized spacial score (nSPS) is 17.4. The fraction of sp³-hybridized carbons (Fsp3) is 0.667. The minimum atomic E-state index is -0.417. The first-order chi connectivity index (χ1) is 9.65. The molecule has 2 rings (SSSR count). The van der Waals surface area contributed by atoms with Gasteiger partial charge in [-0.15, -0.1) is 0 Å². The van der Waals surface area contributed by atoms with Gasteiger partial charge < -0.3 is 5.32 Å². The molecule has 1 fully saturated rings. The van der Waals surface area contributed by atoms with Crippen LogP contribution in [-0.4, -0.2) is 38.4 Å². The Morgan fingerprint density at radius 3 is 2.80 bits per heavy atom. The Morgan fingerprint density at radius 2 is 2.15 bits per heavy atom. The number of rotatable bonds is 4. The van der Waals surface area contributed by atoms with Crippen LogP contribution in [0.5, 0.6) is 0 Å². The number of H-pyrrole nitrogens is 1. The number of thioether (sulfide) groups is 1. The van der Waals surface area contributed by atoms with E-state index in [-0.39, 0.29) is 11.9 Å². The summed E-state index contributed by atoms with van der Waals surface area (Å²) in [5.74, 6) is -0.334. The van der Waals surface area contributed by atoms with Gasteiger partial charge in [0.15, 0.2) is 5.16 Å². The van der Waals surface area contributed by atoms with Gasteiger partial charge in [-0.25, -0.2) is 9.78 Å². The molecule has 1 aromatic rings. The summed E-state index contributed by atoms with van der Waals surface area (Å²) in [7, 11) is 0. The minimum Gasteiger partial charge on any atom is -0.335 e. The van der Waals surface area contributed by atoms with E-state index in [2.05, 4.69) is 25.8 Å². The Hall–Kier alpha value is -1.57. The molecule has 1 atom stereocenters. The summed E-state index contributed by atoms with van der Waals surface area (Å²) in [6.07, 6.45) is 6.85. The average Bonchev–Trinajstić information content (AvgIpc) is 2.92. The van der Waals surface area contributed by atoms with Gasteiger partial charge in [0, 0.05) is 6.04 Å². The topological polar surface area (TPSA) is 99.8 Å². The van der Waals surface area contributed by atoms with Crippen molar-refractivity contribution in [3.63, 3.8) is 0 Å². The third-order valence-corrected chi connectivity index (χ3v) is 4.22. The van der Waals surface area contributed by atoms with E-state index in [1.807, 2.05) is 0 Å². The van der Waals surface area contributed by atoms with Crippen LogP contribution in [-0.2, 0) is 4.79 Å². The van der Waals surface area contributed by atoms with Crippen LogP contribution >= 0.6 is 11.8 Å². The number of aromatic nitrogens is 3. The second kappa shape index (κ2) is 7.28. The maximum atomic E-state index is 11.9. The molecule has 0 spiro atoms. The maximum absolute atomic E-state index is 11.9. The fourth-order valence-corrected chi connectivity index (χ4v) is 2.87. The number of nitrogens with one attached hydrogen (secondary N) is 3. The Labute approximate surface area is 121 Å². The molecule has 0 aromatic carbocycles. The quantitative estimate of drug-likeness (QED) is 0.730. The molecular formula is C12H19N5O2S. The van der Waals surface area contributed by atoms with Gasteiger partial charge >= 0.3 is 6.03 Å². The summed E-state index contributed by atoms with van der Waals surface area (Å²) in [6.45, 7) is 1.72. The molecule has 0 radical (unpaired) electrons. The molecule has 1 aromatic heterocycles. The lowest BCUT2D eigenvalue weighted by atomic mass is 9.96. The van der Waals surface area contributed by atoms with Gasteiger partial charge in [0.1, 0.15) is 6.33 Å². The Morgan fingerprint density at radius 1 is 1.40 bits per heavy atom. The van der Waals surface area contributed by atoms with Crippen molar-refractivity contribution in [3.05, 3.63) is 6.33 Å². The second-order valence-electron chi connectivity index (χ2n) is 4.85. The van der Waals surface area contributed by atoms with E-state index in [1.54, 1.807) is 6.92 Å². The van der Waals surface area contributed by atoms with Crippen molar-refractivity contribution in [3.8, 4) is 0 Å². The molecular weight excluding hydrogens is 278 g/mol. The molecule has 1 aliphatic carbocycles. The van der Waals surface area contributed by atoms with E-state index in [9.17, 15) is 9.59 Å². The van der Waals surface area contributed by atoms with E-state index in [0.29, 0.717) is 5.16 Å². The highest BCUT2D eigenvalue weighted by atomic mass is 32.2. The number of carbonyl (C=O) groups excluding carboxylic acids is 2. The number of aromatic amines is 1. The zero-order valence-corrected chi connectivity index (χ0v) is 12.2. The van der Waals surface area contributed by atoms with Crippen LogP contribution in [0, 0.1) is 0 Å². The van der Waals surface area contributed by atoms with E-state index in [0.717, 1.165) is 25.7 Å². The monoisotopic (exact) mass is 297 g/mol. The lowest BCUT2D eigenvalue weighted by Crippen LogP contribution is -2.47. The molecule has 0 saturated heterocycles. The van der Waals surface area contributed by atoms with Crippen LogP contribution in [0.2, 0.25) is 0 Å². The number of urea groups is 1. The Kier molecular flexibility index (Phi) is 5.40. The van der Waals surface area contributed by atoms with E-state index in [1.165, 1.54) is 24.5 Å². The predicted molar refractivity (Wildman–Crippen MR) is 75.2 cm³/mol. The minimum absolute atomic E-state index is 0.189. The molecule has 110 valence electrons. The van der Waals surface area contributed by atoms with Crippen LogP contribution in [0.3, 0.4) is 0 Å². The van der Waals surface area contributed by atoms with Crippen LogP contribution in [0.1, 0.15) is 39.0 Å². The van der Waals surface area contributed by atoms with Gasteiger partial charge in [-0.1, -0.05) is 31.0 Å². The van der Waals surface area contributed by atoms with Gasteiger partial charge in [0.25, 0.3) is 0 Å². The summed E-state index contributed by atoms with van der Waals surface area (Å²) >= 11 is 1.23. The molecule has 20 heavy (non-hydrogen) atoms. The average molecular weight is 297 g/mol. The van der Waals surface area contributed by atoms with Gasteiger partial charge in [-0.05, 0) is 19.8 Å². The third kappa shape index (κ3) is 4.52. The number of nitrogens with zero attached hydrogens (tertiary/aromatic N) is 2. The van der Waals surface area contributed by atoms with Gasteiger partial charge in [0.2, 0.25) is 5.91 Å². The second-order valence-corrected chi connectivity index (χ2v) is 6.18. The van der Waals surface area contributed by atoms with Crippen molar-refractivity contribution < 1.29 is 9.59 Å². The zero-order chi connectivity index (χ0) is 14.4. The predicted octanol–water partition coefficient (Wildman–Crippen LogP) is 1.44. The van der Waals surface area contributed by atoms with Crippen molar-refractivity contribution in [2.45, 2.75) is 55.5 Å². The number of carbonyl (C=O) groups is 2. The van der Waals surface area contributed by atoms with Crippen LogP contribution < -0.4 is 10.6 Å². The summed E-state index contributed by atoms with van der Waals surface area (Å²) in [5.41, 5.74) is 0. The van der Waals surface area contributed by atoms with Crippen LogP contribution in [0.25, 0.3) is 0 Å². The van der Waals surface area contributed by atoms with E-state index < -0.39 is 11.3 Å². The van der Waals surface area contributed by atoms with Crippen molar-refractivity contribution in [1.29, 1.82) is 0 Å². The molecule has 0 unspecified atom stereocenters. The SMILES string of the molecule is C[C@H](Sc1ncn[nH]1)C(=O)NC(=O)NC1CCCCC1. The summed E-state index contributed by atoms with van der Waals surface area (Å²) in [6, 6.07) is -0.222. The van der Waals surface area contributed by atoms with Crippen molar-refractivity contribution >= 4 is 23.7 Å². The Balaban J connectivity index is 1.73. The first-order valence-electron chi connectivity index (χ1n) is 6.78. The van der Waals surface area contributed by atoms with Gasteiger partial charge in [-0.3, -0.25) is 15.2 Å². The van der Waals surface area contributed by atoms with Crippen molar-refractivity contribution in [2.75, 3.05) is 0 Å². The number of hydrogen-bond donors (Lipinski definition) is 3. The molecule has 3 N–H and O–H groups in total. The largest absolute Gasteiger partial charge is 0.335 e. The molecule has 1 saturated carbocycles. The summed E-state index contributed by atoms with van der Waals surface area (Å²) in [4.78, 5) is 27.5. The molecule has 7 nitrogen and oxygen atoms in total. The van der Waals surface area contributed by atoms with Gasteiger partial charge in [0.05, 0.1) is 5.25 Å². The first-order valence-corrected chi connectivity index (χ1v) is 7.66. The highest BCUT2D eigenvalue weighted by Gasteiger charge is 2.20. The number of amides is 3.